The number of rotatable bonds is 4. The van der Waals surface area contributed by atoms with E-state index in [-0.39, 0.29) is 11.6 Å². The van der Waals surface area contributed by atoms with E-state index in [0.717, 1.165) is 51.5 Å². The van der Waals surface area contributed by atoms with Crippen LogP contribution >= 0.6 is 0 Å². The average Bonchev–Trinajstić information content (AvgIpc) is 2.87. The predicted octanol–water partition coefficient (Wildman–Crippen LogP) is 1.83. The first-order chi connectivity index (χ1) is 15.7. The van der Waals surface area contributed by atoms with Crippen LogP contribution in [0.15, 0.2) is 59.7 Å². The molecule has 1 aromatic carbocycles. The van der Waals surface area contributed by atoms with Crippen LogP contribution in [0, 0.1) is 0 Å². The lowest BCUT2D eigenvalue weighted by Crippen LogP contribution is -2.47. The number of nitrogens with one attached hydrogen (secondary N) is 1. The van der Waals surface area contributed by atoms with Crippen molar-refractivity contribution >= 4 is 11.6 Å². The monoisotopic (exact) mass is 432 g/mol. The first-order valence-corrected chi connectivity index (χ1v) is 11.1. The minimum atomic E-state index is -0.0632. The summed E-state index contributed by atoms with van der Waals surface area (Å²) >= 11 is 0. The minimum Gasteiger partial charge on any atom is -0.378 e. The Hall–Kier alpha value is -3.23. The van der Waals surface area contributed by atoms with Gasteiger partial charge in [-0.15, -0.1) is 0 Å². The van der Waals surface area contributed by atoms with Crippen molar-refractivity contribution in [1.29, 1.82) is 0 Å². The van der Waals surface area contributed by atoms with Crippen LogP contribution in [0.25, 0.3) is 11.3 Å². The highest BCUT2D eigenvalue weighted by molar-refractivity contribution is 5.59. The molecule has 2 fully saturated rings. The molecule has 1 N–H and O–H groups in total. The highest BCUT2D eigenvalue weighted by Crippen LogP contribution is 2.25. The summed E-state index contributed by atoms with van der Waals surface area (Å²) in [6.45, 7) is 5.80. The molecule has 0 spiro atoms. The Balaban J connectivity index is 1.37. The van der Waals surface area contributed by atoms with Gasteiger partial charge in [-0.2, -0.15) is 0 Å². The molecule has 166 valence electrons. The summed E-state index contributed by atoms with van der Waals surface area (Å²) in [5.41, 5.74) is 3.98. The Labute approximate surface area is 187 Å². The summed E-state index contributed by atoms with van der Waals surface area (Å²) in [7, 11) is 1.79. The van der Waals surface area contributed by atoms with E-state index in [2.05, 4.69) is 44.4 Å². The second-order valence-electron chi connectivity index (χ2n) is 8.22. The molecule has 0 saturated carbocycles. The predicted molar refractivity (Wildman–Crippen MR) is 125 cm³/mol. The van der Waals surface area contributed by atoms with Crippen LogP contribution in [0.1, 0.15) is 11.6 Å². The maximum Gasteiger partial charge on any atom is 0.255 e. The molecule has 2 saturated heterocycles. The molecule has 2 aromatic heterocycles. The summed E-state index contributed by atoms with van der Waals surface area (Å²) in [6.07, 6.45) is 3.44. The van der Waals surface area contributed by atoms with Gasteiger partial charge in [0, 0.05) is 75.5 Å². The van der Waals surface area contributed by atoms with Crippen LogP contribution in [0.2, 0.25) is 0 Å². The van der Waals surface area contributed by atoms with Gasteiger partial charge in [0.05, 0.1) is 18.9 Å². The van der Waals surface area contributed by atoms with E-state index in [1.807, 2.05) is 12.1 Å². The van der Waals surface area contributed by atoms with Crippen molar-refractivity contribution in [2.24, 2.45) is 7.05 Å². The van der Waals surface area contributed by atoms with Gasteiger partial charge < -0.3 is 19.9 Å². The van der Waals surface area contributed by atoms with Crippen molar-refractivity contribution in [2.75, 3.05) is 55.7 Å². The first-order valence-electron chi connectivity index (χ1n) is 11.1. The topological polar surface area (TPSA) is 75.5 Å². The summed E-state index contributed by atoms with van der Waals surface area (Å²) in [4.78, 5) is 26.1. The number of pyridine rings is 1. The minimum absolute atomic E-state index is 0.0632. The molecule has 0 bridgehead atoms. The molecule has 2 aliphatic rings. The summed E-state index contributed by atoms with van der Waals surface area (Å²) < 4.78 is 7.09. The molecule has 8 nitrogen and oxygen atoms in total. The van der Waals surface area contributed by atoms with Crippen LogP contribution in [0.4, 0.5) is 11.6 Å². The second kappa shape index (κ2) is 9.10. The van der Waals surface area contributed by atoms with Crippen LogP contribution < -0.4 is 20.7 Å². The molecule has 8 heteroatoms. The van der Waals surface area contributed by atoms with Gasteiger partial charge in [-0.3, -0.25) is 14.3 Å². The van der Waals surface area contributed by atoms with E-state index in [9.17, 15) is 4.79 Å². The number of anilines is 2. The van der Waals surface area contributed by atoms with Gasteiger partial charge in [-0.1, -0.05) is 12.1 Å². The molecular formula is C24H28N6O2. The Bertz CT molecular complexity index is 1110. The van der Waals surface area contributed by atoms with Gasteiger partial charge in [0.25, 0.3) is 5.56 Å². The van der Waals surface area contributed by atoms with Crippen LogP contribution in [-0.4, -0.2) is 60.5 Å². The third-order valence-corrected chi connectivity index (χ3v) is 6.22. The summed E-state index contributed by atoms with van der Waals surface area (Å²) in [6, 6.07) is 14.3. The van der Waals surface area contributed by atoms with Crippen molar-refractivity contribution < 1.29 is 4.74 Å². The summed E-state index contributed by atoms with van der Waals surface area (Å²) in [5, 5.41) is 3.62. The van der Waals surface area contributed by atoms with Crippen molar-refractivity contribution in [3.63, 3.8) is 0 Å². The van der Waals surface area contributed by atoms with Gasteiger partial charge >= 0.3 is 0 Å². The number of hydrogen-bond acceptors (Lipinski definition) is 7. The SMILES string of the molecule is Cn1c(N2CCNC(c3ccc(N4CCOCC4)cc3)C2)nc(-c2ccncc2)cc1=O. The standard InChI is InChI=1S/C24H28N6O2/c1-28-23(31)16-21(19-6-8-25-9-7-19)27-24(28)30-11-10-26-22(17-30)18-2-4-20(5-3-18)29-12-14-32-15-13-29/h2-9,16,22,26H,10-15,17H2,1H3. The molecule has 0 amide bonds. The zero-order valence-corrected chi connectivity index (χ0v) is 18.3. The van der Waals surface area contributed by atoms with Crippen molar-refractivity contribution in [3.8, 4) is 11.3 Å². The zero-order chi connectivity index (χ0) is 21.9. The fourth-order valence-electron chi connectivity index (χ4n) is 4.37. The third-order valence-electron chi connectivity index (χ3n) is 6.22. The molecule has 0 radical (unpaired) electrons. The third kappa shape index (κ3) is 4.24. The normalized spacial score (nSPS) is 19.2. The average molecular weight is 433 g/mol. The van der Waals surface area contributed by atoms with Crippen molar-refractivity contribution in [3.05, 3.63) is 70.8 Å². The van der Waals surface area contributed by atoms with Gasteiger partial charge in [0.15, 0.2) is 0 Å². The lowest BCUT2D eigenvalue weighted by atomic mass is 10.0. The molecule has 0 aliphatic carbocycles. The fraction of sp³-hybridized carbons (Fsp3) is 0.375. The van der Waals surface area contributed by atoms with Crippen LogP contribution in [0.5, 0.6) is 0 Å². The van der Waals surface area contributed by atoms with E-state index in [1.54, 1.807) is 30.1 Å². The van der Waals surface area contributed by atoms with Gasteiger partial charge in [-0.25, -0.2) is 4.98 Å². The lowest BCUT2D eigenvalue weighted by Gasteiger charge is -2.35. The van der Waals surface area contributed by atoms with E-state index < -0.39 is 0 Å². The number of nitrogens with zero attached hydrogens (tertiary/aromatic N) is 5. The number of hydrogen-bond donors (Lipinski definition) is 1. The van der Waals surface area contributed by atoms with Crippen LogP contribution in [0.3, 0.4) is 0 Å². The van der Waals surface area contributed by atoms with E-state index in [1.165, 1.54) is 11.3 Å². The Morgan fingerprint density at radius 2 is 1.75 bits per heavy atom. The zero-order valence-electron chi connectivity index (χ0n) is 18.3. The number of piperazine rings is 1. The second-order valence-corrected chi connectivity index (χ2v) is 8.22. The van der Waals surface area contributed by atoms with Crippen LogP contribution in [-0.2, 0) is 11.8 Å². The number of ether oxygens (including phenoxy) is 1. The molecule has 2 aliphatic heterocycles. The van der Waals surface area contributed by atoms with Gasteiger partial charge in [0.2, 0.25) is 5.95 Å². The van der Waals surface area contributed by atoms with Gasteiger partial charge in [-0.05, 0) is 29.8 Å². The van der Waals surface area contributed by atoms with E-state index >= 15 is 0 Å². The van der Waals surface area contributed by atoms with Crippen molar-refractivity contribution in [2.45, 2.75) is 6.04 Å². The first kappa shape index (κ1) is 20.7. The molecule has 1 unspecified atom stereocenters. The van der Waals surface area contributed by atoms with E-state index in [0.29, 0.717) is 11.6 Å². The Kier molecular flexibility index (Phi) is 5.87. The summed E-state index contributed by atoms with van der Waals surface area (Å²) in [5.74, 6) is 0.695. The largest absolute Gasteiger partial charge is 0.378 e. The highest BCUT2D eigenvalue weighted by Gasteiger charge is 2.24. The number of morpholine rings is 1. The quantitative estimate of drug-likeness (QED) is 0.674. The number of aromatic nitrogens is 3. The van der Waals surface area contributed by atoms with Gasteiger partial charge in [0.1, 0.15) is 0 Å². The fourth-order valence-corrected chi connectivity index (χ4v) is 4.37. The highest BCUT2D eigenvalue weighted by atomic mass is 16.5. The Morgan fingerprint density at radius 1 is 1.00 bits per heavy atom. The molecule has 1 atom stereocenters. The maximum atomic E-state index is 12.7. The Morgan fingerprint density at radius 3 is 2.50 bits per heavy atom. The smallest absolute Gasteiger partial charge is 0.255 e. The molecule has 5 rings (SSSR count). The number of benzene rings is 1. The van der Waals surface area contributed by atoms with E-state index in [4.69, 9.17) is 9.72 Å². The maximum absolute atomic E-state index is 12.7. The van der Waals surface area contributed by atoms with Crippen molar-refractivity contribution in [1.82, 2.24) is 19.9 Å². The molecule has 3 aromatic rings. The molecule has 4 heterocycles. The lowest BCUT2D eigenvalue weighted by molar-refractivity contribution is 0.122. The molecule has 32 heavy (non-hydrogen) atoms. The molecular weight excluding hydrogens is 404 g/mol.